The van der Waals surface area contributed by atoms with E-state index in [9.17, 15) is 4.79 Å². The lowest BCUT2D eigenvalue weighted by Gasteiger charge is -2.12. The molecule has 2 heterocycles. The highest BCUT2D eigenvalue weighted by Crippen LogP contribution is 2.17. The van der Waals surface area contributed by atoms with E-state index in [-0.39, 0.29) is 12.1 Å². The van der Waals surface area contributed by atoms with Gasteiger partial charge >= 0.3 is 6.03 Å². The smallest absolute Gasteiger partial charge is 0.319 e. The number of amides is 2. The van der Waals surface area contributed by atoms with Gasteiger partial charge in [-0.3, -0.25) is 4.98 Å². The van der Waals surface area contributed by atoms with Gasteiger partial charge in [0.2, 0.25) is 0 Å². The van der Waals surface area contributed by atoms with Gasteiger partial charge in [0, 0.05) is 25.0 Å². The van der Waals surface area contributed by atoms with E-state index in [2.05, 4.69) is 15.6 Å². The summed E-state index contributed by atoms with van der Waals surface area (Å²) in [6.07, 6.45) is 3.94. The Hall–Kier alpha value is -2.60. The molecule has 1 saturated heterocycles. The van der Waals surface area contributed by atoms with E-state index in [4.69, 9.17) is 9.47 Å². The van der Waals surface area contributed by atoms with E-state index < -0.39 is 0 Å². The molecule has 0 radical (unpaired) electrons. The first kappa shape index (κ1) is 16.3. The first-order valence-electron chi connectivity index (χ1n) is 8.09. The van der Waals surface area contributed by atoms with Crippen molar-refractivity contribution in [3.63, 3.8) is 0 Å². The molecule has 0 spiro atoms. The van der Waals surface area contributed by atoms with Crippen LogP contribution in [0.25, 0.3) is 0 Å². The number of ether oxygens (including phenoxy) is 2. The van der Waals surface area contributed by atoms with E-state index in [1.165, 1.54) is 0 Å². The Labute approximate surface area is 141 Å². The molecule has 2 aromatic rings. The quantitative estimate of drug-likeness (QED) is 0.855. The standard InChI is InChI=1S/C18H21N3O3/c22-18(20-12-17-5-3-11-23-17)21-14-6-8-16(9-7-14)24-13-15-4-1-2-10-19-15/h1-2,4,6-10,17H,3,5,11-13H2,(H2,20,21,22)/t17-/m0/s1. The zero-order valence-corrected chi connectivity index (χ0v) is 13.4. The fraction of sp³-hybridized carbons (Fsp3) is 0.333. The fourth-order valence-electron chi connectivity index (χ4n) is 2.46. The van der Waals surface area contributed by atoms with Crippen LogP contribution in [0.1, 0.15) is 18.5 Å². The van der Waals surface area contributed by atoms with Crippen molar-refractivity contribution < 1.29 is 14.3 Å². The van der Waals surface area contributed by atoms with Crippen LogP contribution in [-0.2, 0) is 11.3 Å². The number of pyridine rings is 1. The number of nitrogens with zero attached hydrogens (tertiary/aromatic N) is 1. The van der Waals surface area contributed by atoms with E-state index in [0.29, 0.717) is 18.8 Å². The van der Waals surface area contributed by atoms with Gasteiger partial charge in [0.05, 0.1) is 11.8 Å². The third kappa shape index (κ3) is 4.96. The average molecular weight is 327 g/mol. The summed E-state index contributed by atoms with van der Waals surface area (Å²) in [6, 6.07) is 12.7. The largest absolute Gasteiger partial charge is 0.487 e. The number of nitrogens with one attached hydrogen (secondary N) is 2. The number of aromatic nitrogens is 1. The molecule has 6 heteroatoms. The number of rotatable bonds is 6. The summed E-state index contributed by atoms with van der Waals surface area (Å²) < 4.78 is 11.1. The summed E-state index contributed by atoms with van der Waals surface area (Å²) in [6.45, 7) is 1.74. The summed E-state index contributed by atoms with van der Waals surface area (Å²) in [5.41, 5.74) is 1.58. The second kappa shape index (κ2) is 8.31. The molecular weight excluding hydrogens is 306 g/mol. The summed E-state index contributed by atoms with van der Waals surface area (Å²) >= 11 is 0. The van der Waals surface area contributed by atoms with Crippen LogP contribution in [-0.4, -0.2) is 30.3 Å². The zero-order chi connectivity index (χ0) is 16.6. The van der Waals surface area contributed by atoms with Gasteiger partial charge in [0.25, 0.3) is 0 Å². The highest BCUT2D eigenvalue weighted by atomic mass is 16.5. The van der Waals surface area contributed by atoms with Gasteiger partial charge in [-0.2, -0.15) is 0 Å². The SMILES string of the molecule is O=C(NC[C@@H]1CCCO1)Nc1ccc(OCc2ccccn2)cc1. The van der Waals surface area contributed by atoms with Crippen molar-refractivity contribution in [3.05, 3.63) is 54.4 Å². The molecular formula is C18H21N3O3. The molecule has 1 aromatic heterocycles. The summed E-state index contributed by atoms with van der Waals surface area (Å²) in [5.74, 6) is 0.728. The monoisotopic (exact) mass is 327 g/mol. The van der Waals surface area contributed by atoms with Gasteiger partial charge in [-0.1, -0.05) is 6.07 Å². The molecule has 1 fully saturated rings. The summed E-state index contributed by atoms with van der Waals surface area (Å²) in [7, 11) is 0. The normalized spacial score (nSPS) is 16.6. The van der Waals surface area contributed by atoms with Crippen LogP contribution in [0.2, 0.25) is 0 Å². The topological polar surface area (TPSA) is 72.5 Å². The van der Waals surface area contributed by atoms with Crippen LogP contribution in [0, 0.1) is 0 Å². The highest BCUT2D eigenvalue weighted by Gasteiger charge is 2.16. The second-order valence-corrected chi connectivity index (χ2v) is 5.60. The molecule has 0 saturated carbocycles. The molecule has 1 aromatic carbocycles. The first-order chi connectivity index (χ1) is 11.8. The maximum Gasteiger partial charge on any atom is 0.319 e. The number of carbonyl (C=O) groups excluding carboxylic acids is 1. The number of urea groups is 1. The van der Waals surface area contributed by atoms with Crippen molar-refractivity contribution >= 4 is 11.7 Å². The third-order valence-corrected chi connectivity index (χ3v) is 3.74. The van der Waals surface area contributed by atoms with Crippen LogP contribution in [0.5, 0.6) is 5.75 Å². The molecule has 126 valence electrons. The van der Waals surface area contributed by atoms with Crippen molar-refractivity contribution in [2.45, 2.75) is 25.6 Å². The van der Waals surface area contributed by atoms with Crippen molar-refractivity contribution in [2.24, 2.45) is 0 Å². The Kier molecular flexibility index (Phi) is 5.63. The number of benzene rings is 1. The maximum atomic E-state index is 11.8. The lowest BCUT2D eigenvalue weighted by molar-refractivity contribution is 0.112. The lowest BCUT2D eigenvalue weighted by Crippen LogP contribution is -2.34. The van der Waals surface area contributed by atoms with Crippen LogP contribution in [0.3, 0.4) is 0 Å². The molecule has 0 aliphatic carbocycles. The van der Waals surface area contributed by atoms with E-state index >= 15 is 0 Å². The zero-order valence-electron chi connectivity index (χ0n) is 13.4. The molecule has 0 bridgehead atoms. The lowest BCUT2D eigenvalue weighted by atomic mass is 10.2. The molecule has 0 unspecified atom stereocenters. The second-order valence-electron chi connectivity index (χ2n) is 5.60. The Morgan fingerprint density at radius 2 is 2.12 bits per heavy atom. The molecule has 2 N–H and O–H groups in total. The molecule has 3 rings (SSSR count). The third-order valence-electron chi connectivity index (χ3n) is 3.74. The number of anilines is 1. The Morgan fingerprint density at radius 1 is 1.25 bits per heavy atom. The van der Waals surface area contributed by atoms with Crippen LogP contribution in [0.15, 0.2) is 48.7 Å². The number of carbonyl (C=O) groups is 1. The van der Waals surface area contributed by atoms with Gasteiger partial charge in [-0.15, -0.1) is 0 Å². The minimum atomic E-state index is -0.229. The van der Waals surface area contributed by atoms with Crippen molar-refractivity contribution in [2.75, 3.05) is 18.5 Å². The number of hydrogen-bond donors (Lipinski definition) is 2. The molecule has 6 nitrogen and oxygen atoms in total. The Bertz CT molecular complexity index is 640. The highest BCUT2D eigenvalue weighted by molar-refractivity contribution is 5.89. The van der Waals surface area contributed by atoms with Gasteiger partial charge in [0.15, 0.2) is 0 Å². The van der Waals surface area contributed by atoms with Gasteiger partial charge in [-0.25, -0.2) is 4.79 Å². The predicted molar refractivity (Wildman–Crippen MR) is 91.0 cm³/mol. The van der Waals surface area contributed by atoms with Crippen molar-refractivity contribution in [1.82, 2.24) is 10.3 Å². The van der Waals surface area contributed by atoms with E-state index in [1.54, 1.807) is 18.3 Å². The Morgan fingerprint density at radius 3 is 2.83 bits per heavy atom. The predicted octanol–water partition coefficient (Wildman–Crippen LogP) is 2.96. The van der Waals surface area contributed by atoms with Gasteiger partial charge in [0.1, 0.15) is 12.4 Å². The Balaban J connectivity index is 1.42. The summed E-state index contributed by atoms with van der Waals surface area (Å²) in [5, 5.41) is 5.61. The van der Waals surface area contributed by atoms with Gasteiger partial charge < -0.3 is 20.1 Å². The van der Waals surface area contributed by atoms with Crippen LogP contribution in [0.4, 0.5) is 10.5 Å². The molecule has 1 aliphatic rings. The minimum absolute atomic E-state index is 0.137. The molecule has 24 heavy (non-hydrogen) atoms. The molecule has 1 aliphatic heterocycles. The number of hydrogen-bond acceptors (Lipinski definition) is 4. The van der Waals surface area contributed by atoms with Crippen LogP contribution >= 0.6 is 0 Å². The fourth-order valence-corrected chi connectivity index (χ4v) is 2.46. The van der Waals surface area contributed by atoms with Gasteiger partial charge in [-0.05, 0) is 49.2 Å². The van der Waals surface area contributed by atoms with Crippen molar-refractivity contribution in [1.29, 1.82) is 0 Å². The summed E-state index contributed by atoms with van der Waals surface area (Å²) in [4.78, 5) is 16.1. The van der Waals surface area contributed by atoms with Crippen LogP contribution < -0.4 is 15.4 Å². The average Bonchev–Trinajstić information content (AvgIpc) is 3.14. The molecule has 2 amide bonds. The van der Waals surface area contributed by atoms with E-state index in [0.717, 1.165) is 30.9 Å². The molecule has 1 atom stereocenters. The minimum Gasteiger partial charge on any atom is -0.487 e. The van der Waals surface area contributed by atoms with E-state index in [1.807, 2.05) is 30.3 Å². The maximum absolute atomic E-state index is 11.8. The first-order valence-corrected chi connectivity index (χ1v) is 8.09. The van der Waals surface area contributed by atoms with Crippen molar-refractivity contribution in [3.8, 4) is 5.75 Å².